The molecule has 1 aliphatic rings. The van der Waals surface area contributed by atoms with Gasteiger partial charge in [0.1, 0.15) is 0 Å². The number of benzene rings is 1. The number of urea groups is 1. The van der Waals surface area contributed by atoms with E-state index in [-0.39, 0.29) is 13.0 Å². The van der Waals surface area contributed by atoms with E-state index in [1.165, 1.54) is 0 Å². The zero-order valence-corrected chi connectivity index (χ0v) is 10.4. The monoisotopic (exact) mass is 262 g/mol. The van der Waals surface area contributed by atoms with E-state index in [1.54, 1.807) is 37.3 Å². The van der Waals surface area contributed by atoms with Crippen LogP contribution in [0.1, 0.15) is 18.9 Å². The standard InChI is InChI=1S/C13H14N2O4/c1-2-19-10(16)8-13(9-6-4-3-5-7-9)11(17)14-12(18)15-13/h3-7H,2,8H2,1H3,(H2,14,15,17,18). The van der Waals surface area contributed by atoms with Crippen LogP contribution in [0.15, 0.2) is 30.3 Å². The Hall–Kier alpha value is -2.37. The average molecular weight is 262 g/mol. The Balaban J connectivity index is 2.37. The lowest BCUT2D eigenvalue weighted by molar-refractivity contribution is -0.147. The van der Waals surface area contributed by atoms with Crippen LogP contribution in [0.2, 0.25) is 0 Å². The molecule has 0 aromatic heterocycles. The number of imide groups is 1. The Bertz CT molecular complexity index is 515. The highest BCUT2D eigenvalue weighted by atomic mass is 16.5. The molecule has 2 N–H and O–H groups in total. The molecule has 1 heterocycles. The number of rotatable bonds is 4. The molecule has 1 aliphatic heterocycles. The van der Waals surface area contributed by atoms with Crippen molar-refractivity contribution >= 4 is 17.9 Å². The van der Waals surface area contributed by atoms with Crippen molar-refractivity contribution in [3.63, 3.8) is 0 Å². The van der Waals surface area contributed by atoms with Crippen molar-refractivity contribution < 1.29 is 19.1 Å². The van der Waals surface area contributed by atoms with Gasteiger partial charge < -0.3 is 10.1 Å². The zero-order valence-electron chi connectivity index (χ0n) is 10.4. The Labute approximate surface area is 110 Å². The number of ether oxygens (including phenoxy) is 1. The predicted octanol–water partition coefficient (Wildman–Crippen LogP) is 0.674. The molecule has 0 bridgehead atoms. The smallest absolute Gasteiger partial charge is 0.322 e. The van der Waals surface area contributed by atoms with Gasteiger partial charge in [-0.2, -0.15) is 0 Å². The van der Waals surface area contributed by atoms with Crippen LogP contribution in [0.5, 0.6) is 0 Å². The Kier molecular flexibility index (Phi) is 3.50. The molecular formula is C13H14N2O4. The van der Waals surface area contributed by atoms with Gasteiger partial charge in [0.25, 0.3) is 5.91 Å². The summed E-state index contributed by atoms with van der Waals surface area (Å²) < 4.78 is 4.86. The van der Waals surface area contributed by atoms with E-state index < -0.39 is 23.4 Å². The van der Waals surface area contributed by atoms with Crippen molar-refractivity contribution in [2.45, 2.75) is 18.9 Å². The number of carbonyl (C=O) groups excluding carboxylic acids is 3. The molecule has 2 rings (SSSR count). The maximum absolute atomic E-state index is 12.0. The summed E-state index contributed by atoms with van der Waals surface area (Å²) in [6.07, 6.45) is -0.234. The van der Waals surface area contributed by atoms with E-state index >= 15 is 0 Å². The fourth-order valence-corrected chi connectivity index (χ4v) is 2.07. The van der Waals surface area contributed by atoms with Gasteiger partial charge in [-0.3, -0.25) is 14.9 Å². The van der Waals surface area contributed by atoms with Crippen LogP contribution in [0.25, 0.3) is 0 Å². The van der Waals surface area contributed by atoms with Crippen LogP contribution in [-0.2, 0) is 19.9 Å². The van der Waals surface area contributed by atoms with Crippen LogP contribution in [0.3, 0.4) is 0 Å². The van der Waals surface area contributed by atoms with E-state index in [9.17, 15) is 14.4 Å². The number of hydrogen-bond donors (Lipinski definition) is 2. The van der Waals surface area contributed by atoms with Crippen molar-refractivity contribution in [1.29, 1.82) is 0 Å². The Morgan fingerprint density at radius 3 is 2.47 bits per heavy atom. The highest BCUT2D eigenvalue weighted by Gasteiger charge is 2.49. The summed E-state index contributed by atoms with van der Waals surface area (Å²) in [5.74, 6) is -1.08. The molecule has 6 nitrogen and oxygen atoms in total. The summed E-state index contributed by atoms with van der Waals surface area (Å²) in [6, 6.07) is 8.02. The third-order valence-corrected chi connectivity index (χ3v) is 2.92. The van der Waals surface area contributed by atoms with Gasteiger partial charge in [-0.05, 0) is 12.5 Å². The molecular weight excluding hydrogens is 248 g/mol. The summed E-state index contributed by atoms with van der Waals surface area (Å²) >= 11 is 0. The van der Waals surface area contributed by atoms with Gasteiger partial charge in [0.2, 0.25) is 0 Å². The average Bonchev–Trinajstić information content (AvgIpc) is 2.66. The van der Waals surface area contributed by atoms with E-state index in [4.69, 9.17) is 4.74 Å². The molecule has 0 saturated carbocycles. The number of hydrogen-bond acceptors (Lipinski definition) is 4. The molecule has 1 aromatic carbocycles. The zero-order chi connectivity index (χ0) is 13.9. The molecule has 19 heavy (non-hydrogen) atoms. The molecule has 1 fully saturated rings. The van der Waals surface area contributed by atoms with E-state index in [0.717, 1.165) is 0 Å². The Morgan fingerprint density at radius 1 is 1.26 bits per heavy atom. The summed E-state index contributed by atoms with van der Waals surface area (Å²) in [6.45, 7) is 1.90. The fraction of sp³-hybridized carbons (Fsp3) is 0.308. The van der Waals surface area contributed by atoms with Gasteiger partial charge in [-0.25, -0.2) is 4.79 Å². The summed E-state index contributed by atoms with van der Waals surface area (Å²) in [5, 5.41) is 4.68. The Morgan fingerprint density at radius 2 is 1.95 bits per heavy atom. The topological polar surface area (TPSA) is 84.5 Å². The molecule has 100 valence electrons. The number of amides is 3. The third kappa shape index (κ3) is 2.42. The van der Waals surface area contributed by atoms with Gasteiger partial charge in [0.05, 0.1) is 13.0 Å². The van der Waals surface area contributed by atoms with Crippen molar-refractivity contribution in [1.82, 2.24) is 10.6 Å². The van der Waals surface area contributed by atoms with Gasteiger partial charge in [0.15, 0.2) is 5.54 Å². The van der Waals surface area contributed by atoms with E-state index in [2.05, 4.69) is 10.6 Å². The quantitative estimate of drug-likeness (QED) is 0.617. The molecule has 1 unspecified atom stereocenters. The number of carbonyl (C=O) groups is 3. The van der Waals surface area contributed by atoms with Crippen molar-refractivity contribution in [2.24, 2.45) is 0 Å². The van der Waals surface area contributed by atoms with Crippen LogP contribution in [-0.4, -0.2) is 24.5 Å². The first-order chi connectivity index (χ1) is 9.08. The van der Waals surface area contributed by atoms with Crippen molar-refractivity contribution in [2.75, 3.05) is 6.61 Å². The summed E-state index contributed by atoms with van der Waals surface area (Å²) in [4.78, 5) is 35.1. The van der Waals surface area contributed by atoms with Crippen LogP contribution in [0, 0.1) is 0 Å². The maximum atomic E-state index is 12.0. The van der Waals surface area contributed by atoms with E-state index in [1.807, 2.05) is 0 Å². The van der Waals surface area contributed by atoms with Crippen LogP contribution < -0.4 is 10.6 Å². The van der Waals surface area contributed by atoms with Crippen LogP contribution in [0.4, 0.5) is 4.79 Å². The third-order valence-electron chi connectivity index (χ3n) is 2.92. The molecule has 1 aromatic rings. The molecule has 1 saturated heterocycles. The van der Waals surface area contributed by atoms with Gasteiger partial charge in [-0.1, -0.05) is 30.3 Å². The van der Waals surface area contributed by atoms with Gasteiger partial charge >= 0.3 is 12.0 Å². The lowest BCUT2D eigenvalue weighted by atomic mass is 9.87. The van der Waals surface area contributed by atoms with Gasteiger partial charge in [0, 0.05) is 0 Å². The molecule has 1 atom stereocenters. The first-order valence-corrected chi connectivity index (χ1v) is 5.93. The number of esters is 1. The van der Waals surface area contributed by atoms with E-state index in [0.29, 0.717) is 5.56 Å². The minimum Gasteiger partial charge on any atom is -0.466 e. The molecule has 6 heteroatoms. The SMILES string of the molecule is CCOC(=O)CC1(c2ccccc2)NC(=O)NC1=O. The van der Waals surface area contributed by atoms with Gasteiger partial charge in [-0.15, -0.1) is 0 Å². The lowest BCUT2D eigenvalue weighted by Crippen LogP contribution is -2.45. The molecule has 0 spiro atoms. The predicted molar refractivity (Wildman–Crippen MR) is 66.0 cm³/mol. The minimum atomic E-state index is -1.38. The second-order valence-electron chi connectivity index (χ2n) is 4.16. The fourth-order valence-electron chi connectivity index (χ4n) is 2.07. The van der Waals surface area contributed by atoms with Crippen molar-refractivity contribution in [3.05, 3.63) is 35.9 Å². The molecule has 3 amide bonds. The minimum absolute atomic E-state index is 0.221. The normalized spacial score (nSPS) is 21.7. The lowest BCUT2D eigenvalue weighted by Gasteiger charge is -2.25. The molecule has 0 aliphatic carbocycles. The second kappa shape index (κ2) is 5.09. The van der Waals surface area contributed by atoms with Crippen LogP contribution >= 0.6 is 0 Å². The van der Waals surface area contributed by atoms with Crippen molar-refractivity contribution in [3.8, 4) is 0 Å². The second-order valence-corrected chi connectivity index (χ2v) is 4.16. The first kappa shape index (κ1) is 13.1. The highest BCUT2D eigenvalue weighted by Crippen LogP contribution is 2.29. The summed E-state index contributed by atoms with van der Waals surface area (Å²) in [7, 11) is 0. The largest absolute Gasteiger partial charge is 0.466 e. The maximum Gasteiger partial charge on any atom is 0.322 e. The number of nitrogens with one attached hydrogen (secondary N) is 2. The molecule has 0 radical (unpaired) electrons. The summed E-state index contributed by atoms with van der Waals surface area (Å²) in [5.41, 5.74) is -0.837. The highest BCUT2D eigenvalue weighted by molar-refractivity contribution is 6.08. The first-order valence-electron chi connectivity index (χ1n) is 5.93.